The molecule has 24 nitrogen and oxygen atoms in total. The number of aliphatic carboxylic acids is 3. The number of phenols is 2. The quantitative estimate of drug-likeness (QED) is 0.124. The Hall–Kier alpha value is -4.76. The molecule has 0 spiro atoms. The molecular weight excluding hydrogens is 1200 g/mol. The largest absolute Gasteiger partial charge is 0.508 e. The smallest absolute Gasteiger partial charge is 0.321 e. The van der Waals surface area contributed by atoms with Gasteiger partial charge in [0.05, 0.1) is 55.3 Å². The van der Waals surface area contributed by atoms with E-state index in [-0.39, 0.29) is 72.5 Å². The number of hydrogen-bond donors (Lipinski definition) is 13. The summed E-state index contributed by atoms with van der Waals surface area (Å²) in [6.07, 6.45) is -2.33. The van der Waals surface area contributed by atoms with Gasteiger partial charge in [0.25, 0.3) is 0 Å². The highest BCUT2D eigenvalue weighted by molar-refractivity contribution is 8.77. The fourth-order valence-corrected chi connectivity index (χ4v) is 17.4. The van der Waals surface area contributed by atoms with Crippen molar-refractivity contribution in [1.82, 2.24) is 42.1 Å². The molecule has 3 bridgehead atoms. The van der Waals surface area contributed by atoms with Gasteiger partial charge in [-0.05, 0) is 87.8 Å². The molecule has 13 atom stereocenters. The van der Waals surface area contributed by atoms with Crippen molar-refractivity contribution in [2.75, 3.05) is 47.6 Å². The van der Waals surface area contributed by atoms with E-state index in [0.29, 0.717) is 29.7 Å². The highest BCUT2D eigenvalue weighted by atomic mass is 33.1. The van der Waals surface area contributed by atoms with Crippen molar-refractivity contribution in [3.05, 3.63) is 59.7 Å². The van der Waals surface area contributed by atoms with Crippen LogP contribution in [0.25, 0.3) is 0 Å². The van der Waals surface area contributed by atoms with Crippen LogP contribution in [0.1, 0.15) is 63.5 Å². The SMILES string of the molecule is C[C@@H]1NC(=O)[C@@H]2CCCN2C(=O)[C@H](CC(=O)O)NC2CSSCCC3CSSCC(N[C@@H]([C@@H](C)O)C(=O)NCC(=O)C(N[C@@H](Cc4ccc(O)cc4)C(=O)O)CSSCC2C(=O)[C@H](Cc2ccc(O)cc2)NC(=O)[C@H](CCC(=O)O)N3)C1=O. The van der Waals surface area contributed by atoms with Crippen molar-refractivity contribution in [2.24, 2.45) is 5.92 Å². The molecule has 4 amide bonds. The molecule has 0 aliphatic carbocycles. The van der Waals surface area contributed by atoms with Crippen LogP contribution in [0.2, 0.25) is 0 Å². The van der Waals surface area contributed by atoms with E-state index in [1.807, 2.05) is 0 Å². The number of rotatable bonds is 13. The van der Waals surface area contributed by atoms with Crippen molar-refractivity contribution >= 4 is 124 Å². The fourth-order valence-electron chi connectivity index (χ4n) is 9.88. The Bertz CT molecular complexity index is 2610. The Balaban J connectivity index is 1.54. The number of hydrogen-bond acceptors (Lipinski definition) is 23. The Morgan fingerprint density at radius 2 is 1.35 bits per heavy atom. The number of nitrogens with one attached hydrogen (secondary N) is 7. The summed E-state index contributed by atoms with van der Waals surface area (Å²) in [6, 6.07) is -1.93. The first-order valence-electron chi connectivity index (χ1n) is 27.0. The third-order valence-electron chi connectivity index (χ3n) is 14.4. The minimum atomic E-state index is -1.55. The lowest BCUT2D eigenvalue weighted by atomic mass is 9.89. The van der Waals surface area contributed by atoms with E-state index in [1.165, 1.54) is 98.3 Å². The summed E-state index contributed by atoms with van der Waals surface area (Å²) in [5.41, 5.74) is 0.993. The fraction of sp³-hybridized carbons (Fsp3) is 0.585. The maximum Gasteiger partial charge on any atom is 0.321 e. The number of amides is 4. The molecule has 4 aliphatic rings. The second-order valence-electron chi connectivity index (χ2n) is 20.7. The van der Waals surface area contributed by atoms with E-state index in [4.69, 9.17) is 0 Å². The minimum absolute atomic E-state index is 0.0367. The van der Waals surface area contributed by atoms with Crippen molar-refractivity contribution in [2.45, 2.75) is 138 Å². The number of aromatic hydroxyl groups is 2. The molecule has 456 valence electrons. The number of fused-ring (bicyclic) bond motifs is 11. The van der Waals surface area contributed by atoms with Crippen LogP contribution in [0, 0.1) is 5.92 Å². The van der Waals surface area contributed by atoms with Crippen molar-refractivity contribution in [3.63, 3.8) is 0 Å². The predicted octanol–water partition coefficient (Wildman–Crippen LogP) is 0.990. The van der Waals surface area contributed by atoms with Crippen LogP contribution in [0.15, 0.2) is 48.5 Å². The molecule has 5 unspecified atom stereocenters. The third-order valence-corrected chi connectivity index (χ3v) is 21.8. The minimum Gasteiger partial charge on any atom is -0.508 e. The summed E-state index contributed by atoms with van der Waals surface area (Å²) in [5.74, 6) is -9.91. The van der Waals surface area contributed by atoms with Gasteiger partial charge >= 0.3 is 17.9 Å². The van der Waals surface area contributed by atoms with Crippen LogP contribution < -0.4 is 37.2 Å². The van der Waals surface area contributed by atoms with E-state index in [9.17, 15) is 73.8 Å². The average molecular weight is 1270 g/mol. The molecule has 4 heterocycles. The highest BCUT2D eigenvalue weighted by Gasteiger charge is 2.43. The Labute approximate surface area is 503 Å². The van der Waals surface area contributed by atoms with Gasteiger partial charge < -0.3 is 62.1 Å². The zero-order chi connectivity index (χ0) is 60.3. The first-order valence-corrected chi connectivity index (χ1v) is 34.5. The van der Waals surface area contributed by atoms with E-state index < -0.39 is 157 Å². The van der Waals surface area contributed by atoms with Crippen molar-refractivity contribution in [3.8, 4) is 11.5 Å². The standard InChI is InChI=1S/C53H72N8O16S6/c1-27-47(70)41-26-83-79-22-31-15-17-78-81-24-39(57-37(20-45(68)69)52(75)61-16-3-4-42(61)50(73)55-27)34(48(71)36(18-29-5-9-32(63)10-6-29)60-49(72)35(56-31)13-14-44(66)67)23-80-82-25-40(43(65)21-54-51(74)46(59-41)28(2)62)58-38(53(76)77)19-30-7-11-33(64)12-8-30/h5-12,27-28,31,34-42,46,56-59,62-64H,3-4,13-26H2,1-2H3,(H,54,74)(H,55,73)(H,60,72)(H,66,67)(H,68,69)(H,76,77)/t27-,28+,31?,34?,35-,36-,37-,38-,39?,40?,41?,42-,46-/m0/s1. The Morgan fingerprint density at radius 1 is 0.699 bits per heavy atom. The summed E-state index contributed by atoms with van der Waals surface area (Å²) in [6.45, 7) is 2.06. The second-order valence-corrected chi connectivity index (χ2v) is 28.4. The number of Topliss-reactive ketones (excluding diaryl/α,β-unsaturated/α-hetero) is 3. The molecule has 6 rings (SSSR count). The molecule has 4 saturated heterocycles. The van der Waals surface area contributed by atoms with Crippen LogP contribution >= 0.6 is 64.8 Å². The molecule has 83 heavy (non-hydrogen) atoms. The summed E-state index contributed by atoms with van der Waals surface area (Å²) in [4.78, 5) is 142. The van der Waals surface area contributed by atoms with Gasteiger partial charge in [-0.25, -0.2) is 0 Å². The molecule has 4 aliphatic heterocycles. The Kier molecular flexibility index (Phi) is 27.0. The number of carbonyl (C=O) groups excluding carboxylic acids is 7. The van der Waals surface area contributed by atoms with E-state index in [1.54, 1.807) is 12.1 Å². The molecular formula is C53H72N8O16S6. The number of aliphatic hydroxyl groups is 1. The van der Waals surface area contributed by atoms with Gasteiger partial charge in [-0.15, -0.1) is 0 Å². The first-order chi connectivity index (χ1) is 39.6. The summed E-state index contributed by atoms with van der Waals surface area (Å²) in [7, 11) is 7.36. The van der Waals surface area contributed by atoms with Crippen LogP contribution in [0.5, 0.6) is 11.5 Å². The number of nitrogens with zero attached hydrogens (tertiary/aromatic N) is 1. The lowest BCUT2D eigenvalue weighted by Crippen LogP contribution is -2.61. The van der Waals surface area contributed by atoms with E-state index in [2.05, 4.69) is 37.2 Å². The number of phenolic OH excluding ortho intramolecular Hbond substituents is 2. The van der Waals surface area contributed by atoms with Gasteiger partial charge in [0.15, 0.2) is 17.3 Å². The van der Waals surface area contributed by atoms with Crippen molar-refractivity contribution in [1.29, 1.82) is 0 Å². The molecule has 0 radical (unpaired) electrons. The maximum atomic E-state index is 15.8. The molecule has 0 saturated carbocycles. The zero-order valence-electron chi connectivity index (χ0n) is 45.6. The number of ketones is 3. The molecule has 0 aromatic heterocycles. The number of aliphatic hydroxyl groups excluding tert-OH is 1. The normalized spacial score (nSPS) is 29.1. The van der Waals surface area contributed by atoms with Gasteiger partial charge in [-0.1, -0.05) is 89.0 Å². The predicted molar refractivity (Wildman–Crippen MR) is 320 cm³/mol. The van der Waals surface area contributed by atoms with E-state index in [0.717, 1.165) is 21.6 Å². The number of carboxylic acids is 3. The maximum absolute atomic E-state index is 15.8. The molecule has 30 heteroatoms. The van der Waals surface area contributed by atoms with Crippen LogP contribution in [-0.4, -0.2) is 215 Å². The number of carbonyl (C=O) groups is 10. The van der Waals surface area contributed by atoms with Gasteiger partial charge in [-0.3, -0.25) is 58.6 Å². The van der Waals surface area contributed by atoms with Gasteiger partial charge in [0.2, 0.25) is 23.6 Å². The molecule has 4 fully saturated rings. The summed E-state index contributed by atoms with van der Waals surface area (Å²) >= 11 is 0. The summed E-state index contributed by atoms with van der Waals surface area (Å²) < 4.78 is 0. The first kappa shape index (κ1) is 67.4. The van der Waals surface area contributed by atoms with Crippen molar-refractivity contribution < 1.29 is 78.6 Å². The van der Waals surface area contributed by atoms with Gasteiger partial charge in [0, 0.05) is 65.5 Å². The molecule has 2 aromatic carbocycles. The summed E-state index contributed by atoms with van der Waals surface area (Å²) in [5, 5.41) is 82.7. The van der Waals surface area contributed by atoms with Crippen LogP contribution in [-0.2, 0) is 60.8 Å². The average Bonchev–Trinajstić information content (AvgIpc) is 4.08. The zero-order valence-corrected chi connectivity index (χ0v) is 50.5. The molecule has 13 N–H and O–H groups in total. The number of benzene rings is 2. The van der Waals surface area contributed by atoms with Gasteiger partial charge in [0.1, 0.15) is 29.6 Å². The lowest BCUT2D eigenvalue weighted by molar-refractivity contribution is -0.145. The van der Waals surface area contributed by atoms with Gasteiger partial charge in [-0.2, -0.15) is 0 Å². The van der Waals surface area contributed by atoms with Crippen LogP contribution in [0.4, 0.5) is 0 Å². The number of carboxylic acid groups (broad SMARTS) is 3. The molecule has 2 aromatic rings. The Morgan fingerprint density at radius 3 is 2.01 bits per heavy atom. The second kappa shape index (κ2) is 33.2. The van der Waals surface area contributed by atoms with E-state index >= 15 is 4.79 Å². The third kappa shape index (κ3) is 20.7. The highest BCUT2D eigenvalue weighted by Crippen LogP contribution is 2.34. The van der Waals surface area contributed by atoms with Crippen LogP contribution in [0.3, 0.4) is 0 Å². The topological polar surface area (TPSA) is 380 Å². The lowest BCUT2D eigenvalue weighted by Gasteiger charge is -2.35. The monoisotopic (exact) mass is 1270 g/mol.